The lowest BCUT2D eigenvalue weighted by atomic mass is 10.1. The molecule has 0 unspecified atom stereocenters. The maximum absolute atomic E-state index is 6.26. The predicted molar refractivity (Wildman–Crippen MR) is 118 cm³/mol. The Morgan fingerprint density at radius 3 is 2.61 bits per heavy atom. The molecule has 2 N–H and O–H groups in total. The average Bonchev–Trinajstić information content (AvgIpc) is 3.18. The number of nitrogens with two attached hydrogens (primary N) is 1. The van der Waals surface area contributed by atoms with E-state index < -0.39 is 0 Å². The highest BCUT2D eigenvalue weighted by atomic mass is 16.5. The van der Waals surface area contributed by atoms with Crippen LogP contribution in [-0.2, 0) is 6.54 Å². The van der Waals surface area contributed by atoms with Gasteiger partial charge in [-0.2, -0.15) is 5.10 Å². The van der Waals surface area contributed by atoms with Crippen molar-refractivity contribution < 1.29 is 4.74 Å². The van der Waals surface area contributed by atoms with Crippen molar-refractivity contribution in [1.29, 1.82) is 0 Å². The quantitative estimate of drug-likeness (QED) is 0.473. The van der Waals surface area contributed by atoms with Gasteiger partial charge in [0.15, 0.2) is 11.5 Å². The molecule has 4 heterocycles. The van der Waals surface area contributed by atoms with E-state index in [1.165, 1.54) is 0 Å². The summed E-state index contributed by atoms with van der Waals surface area (Å²) in [7, 11) is 1.66. The number of hydrogen-bond acceptors (Lipinski definition) is 7. The molecule has 8 heteroatoms. The molecular weight excluding hydrogens is 390 g/mol. The third-order valence-corrected chi connectivity index (χ3v) is 5.04. The fourth-order valence-electron chi connectivity index (χ4n) is 3.54. The van der Waals surface area contributed by atoms with Gasteiger partial charge in [0, 0.05) is 35.9 Å². The Morgan fingerprint density at radius 2 is 1.81 bits per heavy atom. The van der Waals surface area contributed by atoms with Crippen molar-refractivity contribution in [3.8, 4) is 28.4 Å². The second-order valence-electron chi connectivity index (χ2n) is 6.92. The van der Waals surface area contributed by atoms with Crippen LogP contribution in [0.1, 0.15) is 5.56 Å². The monoisotopic (exact) mass is 409 g/mol. The van der Waals surface area contributed by atoms with Gasteiger partial charge in [-0.3, -0.25) is 4.98 Å². The maximum Gasteiger partial charge on any atom is 0.182 e. The van der Waals surface area contributed by atoms with E-state index >= 15 is 0 Å². The number of nitrogen functional groups attached to an aromatic ring is 1. The van der Waals surface area contributed by atoms with Gasteiger partial charge >= 0.3 is 0 Å². The normalized spacial score (nSPS) is 11.0. The highest BCUT2D eigenvalue weighted by molar-refractivity contribution is 5.89. The molecule has 152 valence electrons. The van der Waals surface area contributed by atoms with Crippen LogP contribution in [0.2, 0.25) is 0 Å². The van der Waals surface area contributed by atoms with Crippen molar-refractivity contribution in [2.24, 2.45) is 0 Å². The van der Waals surface area contributed by atoms with Crippen LogP contribution < -0.4 is 10.5 Å². The van der Waals surface area contributed by atoms with E-state index in [1.807, 2.05) is 53.2 Å². The molecule has 8 nitrogen and oxygen atoms in total. The predicted octanol–water partition coefficient (Wildman–Crippen LogP) is 3.59. The number of ether oxygens (including phenoxy) is 1. The van der Waals surface area contributed by atoms with Crippen LogP contribution in [0.3, 0.4) is 0 Å². The van der Waals surface area contributed by atoms with Gasteiger partial charge in [-0.1, -0.05) is 18.2 Å². The Bertz CT molecular complexity index is 1370. The molecule has 0 aliphatic rings. The Balaban J connectivity index is 1.59. The van der Waals surface area contributed by atoms with Crippen molar-refractivity contribution >= 4 is 16.9 Å². The van der Waals surface area contributed by atoms with Crippen LogP contribution in [0, 0.1) is 0 Å². The van der Waals surface area contributed by atoms with Gasteiger partial charge in [0.1, 0.15) is 17.3 Å². The van der Waals surface area contributed by atoms with Gasteiger partial charge < -0.3 is 10.5 Å². The topological polar surface area (TPSA) is 105 Å². The van der Waals surface area contributed by atoms with Gasteiger partial charge in [0.2, 0.25) is 0 Å². The molecule has 0 fully saturated rings. The van der Waals surface area contributed by atoms with Gasteiger partial charge in [-0.05, 0) is 35.9 Å². The summed E-state index contributed by atoms with van der Waals surface area (Å²) in [5.74, 6) is 1.63. The molecule has 31 heavy (non-hydrogen) atoms. The Hall–Kier alpha value is -4.33. The molecule has 0 bridgehead atoms. The van der Waals surface area contributed by atoms with E-state index in [4.69, 9.17) is 15.6 Å². The number of para-hydroxylation sites is 1. The molecule has 4 aromatic heterocycles. The molecular formula is C23H19N7O. The number of fused-ring (bicyclic) bond motifs is 1. The minimum Gasteiger partial charge on any atom is -0.496 e. The zero-order valence-corrected chi connectivity index (χ0v) is 16.8. The number of methoxy groups -OCH3 is 1. The second kappa shape index (κ2) is 7.83. The lowest BCUT2D eigenvalue weighted by Gasteiger charge is -2.08. The fourth-order valence-corrected chi connectivity index (χ4v) is 3.54. The number of benzene rings is 1. The summed E-state index contributed by atoms with van der Waals surface area (Å²) in [5.41, 5.74) is 10.3. The number of rotatable bonds is 5. The molecule has 0 aliphatic carbocycles. The minimum atomic E-state index is 0.382. The van der Waals surface area contributed by atoms with E-state index in [-0.39, 0.29) is 0 Å². The third-order valence-electron chi connectivity index (χ3n) is 5.04. The highest BCUT2D eigenvalue weighted by Crippen LogP contribution is 2.29. The van der Waals surface area contributed by atoms with Crippen molar-refractivity contribution in [2.45, 2.75) is 6.54 Å². The van der Waals surface area contributed by atoms with E-state index in [0.717, 1.165) is 33.5 Å². The standard InChI is InChI=1S/C23H19N7O/c1-31-19-7-3-2-5-16(19)14-30-23-17(6-4-10-26-23)20(29-30)22-27-13-18(21(24)28-22)15-8-11-25-12-9-15/h2-13H,14H2,1H3,(H2,24,27,28). The first-order chi connectivity index (χ1) is 15.2. The van der Waals surface area contributed by atoms with Crippen molar-refractivity contribution in [1.82, 2.24) is 29.7 Å². The Kier molecular flexibility index (Phi) is 4.72. The average molecular weight is 409 g/mol. The summed E-state index contributed by atoms with van der Waals surface area (Å²) in [6.07, 6.45) is 6.88. The number of nitrogens with zero attached hydrogens (tertiary/aromatic N) is 6. The van der Waals surface area contributed by atoms with Gasteiger partial charge in [-0.15, -0.1) is 0 Å². The number of aromatic nitrogens is 6. The first-order valence-corrected chi connectivity index (χ1v) is 9.71. The third kappa shape index (κ3) is 3.44. The summed E-state index contributed by atoms with van der Waals surface area (Å²) >= 11 is 0. The van der Waals surface area contributed by atoms with Crippen LogP contribution in [0.15, 0.2) is 73.3 Å². The molecule has 0 spiro atoms. The van der Waals surface area contributed by atoms with E-state index in [0.29, 0.717) is 23.9 Å². The lowest BCUT2D eigenvalue weighted by Crippen LogP contribution is -2.05. The Labute approximate surface area is 178 Å². The summed E-state index contributed by atoms with van der Waals surface area (Å²) in [6, 6.07) is 15.4. The summed E-state index contributed by atoms with van der Waals surface area (Å²) < 4.78 is 7.32. The van der Waals surface area contributed by atoms with Crippen LogP contribution >= 0.6 is 0 Å². The highest BCUT2D eigenvalue weighted by Gasteiger charge is 2.18. The zero-order valence-electron chi connectivity index (χ0n) is 16.8. The largest absolute Gasteiger partial charge is 0.496 e. The summed E-state index contributed by atoms with van der Waals surface area (Å²) in [6.45, 7) is 0.502. The van der Waals surface area contributed by atoms with Crippen molar-refractivity contribution in [3.05, 3.63) is 78.9 Å². The zero-order chi connectivity index (χ0) is 21.2. The first-order valence-electron chi connectivity index (χ1n) is 9.71. The number of anilines is 1. The van der Waals surface area contributed by atoms with E-state index in [9.17, 15) is 0 Å². The van der Waals surface area contributed by atoms with Crippen molar-refractivity contribution in [2.75, 3.05) is 12.8 Å². The molecule has 0 aliphatic heterocycles. The molecule has 5 rings (SSSR count). The SMILES string of the molecule is COc1ccccc1Cn1nc(-c2ncc(-c3ccncc3)c(N)n2)c2cccnc21. The fraction of sp³-hybridized carbons (Fsp3) is 0.0870. The maximum atomic E-state index is 6.26. The minimum absolute atomic E-state index is 0.382. The van der Waals surface area contributed by atoms with Crippen LogP contribution in [0.25, 0.3) is 33.7 Å². The number of pyridine rings is 2. The molecule has 0 atom stereocenters. The first kappa shape index (κ1) is 18.7. The summed E-state index contributed by atoms with van der Waals surface area (Å²) in [4.78, 5) is 17.7. The summed E-state index contributed by atoms with van der Waals surface area (Å²) in [5, 5.41) is 5.64. The van der Waals surface area contributed by atoms with E-state index in [1.54, 1.807) is 31.9 Å². The Morgan fingerprint density at radius 1 is 0.968 bits per heavy atom. The lowest BCUT2D eigenvalue weighted by molar-refractivity contribution is 0.407. The molecule has 0 amide bonds. The van der Waals surface area contributed by atoms with Crippen LogP contribution in [-0.4, -0.2) is 36.8 Å². The molecule has 0 saturated heterocycles. The van der Waals surface area contributed by atoms with Crippen LogP contribution in [0.5, 0.6) is 5.75 Å². The molecule has 1 aromatic carbocycles. The van der Waals surface area contributed by atoms with Crippen molar-refractivity contribution in [3.63, 3.8) is 0 Å². The second-order valence-corrected chi connectivity index (χ2v) is 6.92. The van der Waals surface area contributed by atoms with E-state index in [2.05, 4.69) is 19.9 Å². The molecule has 5 aromatic rings. The van der Waals surface area contributed by atoms with Gasteiger partial charge in [-0.25, -0.2) is 19.6 Å². The van der Waals surface area contributed by atoms with Crippen LogP contribution in [0.4, 0.5) is 5.82 Å². The molecule has 0 radical (unpaired) electrons. The van der Waals surface area contributed by atoms with Gasteiger partial charge in [0.25, 0.3) is 0 Å². The number of hydrogen-bond donors (Lipinski definition) is 1. The molecule has 0 saturated carbocycles. The smallest absolute Gasteiger partial charge is 0.182 e. The van der Waals surface area contributed by atoms with Gasteiger partial charge in [0.05, 0.1) is 19.0 Å².